The van der Waals surface area contributed by atoms with Crippen molar-refractivity contribution < 1.29 is 37.5 Å². The number of imide groups is 1. The lowest BCUT2D eigenvalue weighted by molar-refractivity contribution is -0.192. The maximum absolute atomic E-state index is 13.0. The van der Waals surface area contributed by atoms with Gasteiger partial charge in [-0.3, -0.25) is 19.7 Å². The number of amides is 3. The number of aromatic nitrogens is 3. The van der Waals surface area contributed by atoms with Crippen LogP contribution >= 0.6 is 0 Å². The highest BCUT2D eigenvalue weighted by Gasteiger charge is 2.39. The van der Waals surface area contributed by atoms with Crippen LogP contribution < -0.4 is 10.6 Å². The highest BCUT2D eigenvalue weighted by Crippen LogP contribution is 2.29. The van der Waals surface area contributed by atoms with Crippen molar-refractivity contribution in [2.24, 2.45) is 5.92 Å². The number of carboxylic acids is 1. The monoisotopic (exact) mass is 522 g/mol. The summed E-state index contributed by atoms with van der Waals surface area (Å²) in [6.07, 6.45) is 0.670. The van der Waals surface area contributed by atoms with Gasteiger partial charge < -0.3 is 15.3 Å². The molecule has 3 N–H and O–H groups in total. The molecule has 37 heavy (non-hydrogen) atoms. The first-order chi connectivity index (χ1) is 17.5. The zero-order chi connectivity index (χ0) is 26.7. The van der Waals surface area contributed by atoms with E-state index in [0.717, 1.165) is 49.3 Å². The number of nitrogens with zero attached hydrogens (tertiary/aromatic N) is 4. The predicted octanol–water partition coefficient (Wildman–Crippen LogP) is 1.20. The van der Waals surface area contributed by atoms with Crippen molar-refractivity contribution in [3.8, 4) is 5.69 Å². The second kappa shape index (κ2) is 10.7. The van der Waals surface area contributed by atoms with E-state index in [-0.39, 0.29) is 18.2 Å². The molecule has 5 rings (SSSR count). The minimum atomic E-state index is -5.08. The third-order valence-electron chi connectivity index (χ3n) is 6.52. The van der Waals surface area contributed by atoms with Crippen LogP contribution in [0.2, 0.25) is 0 Å². The molecule has 0 aliphatic carbocycles. The van der Waals surface area contributed by atoms with Gasteiger partial charge in [-0.15, -0.1) is 5.10 Å². The van der Waals surface area contributed by atoms with Crippen molar-refractivity contribution in [3.05, 3.63) is 41.2 Å². The fourth-order valence-electron chi connectivity index (χ4n) is 4.58. The van der Waals surface area contributed by atoms with Crippen LogP contribution in [0.15, 0.2) is 24.4 Å². The summed E-state index contributed by atoms with van der Waals surface area (Å²) in [5.41, 5.74) is 3.19. The Hall–Kier alpha value is -3.81. The second-order valence-corrected chi connectivity index (χ2v) is 9.10. The first-order valence-corrected chi connectivity index (χ1v) is 11.7. The Morgan fingerprint density at radius 3 is 2.49 bits per heavy atom. The van der Waals surface area contributed by atoms with Crippen LogP contribution in [0.1, 0.15) is 47.3 Å². The Morgan fingerprint density at radius 2 is 1.84 bits per heavy atom. The maximum atomic E-state index is 13.0. The summed E-state index contributed by atoms with van der Waals surface area (Å²) in [7, 11) is 0. The number of carbonyl (C=O) groups excluding carboxylic acids is 3. The summed E-state index contributed by atoms with van der Waals surface area (Å²) < 4.78 is 33.4. The standard InChI is InChI=1S/C21H24N6O3.C2HF3O2/c28-19-4-3-18(20(29)23-19)26-11-14-1-2-16(10-17(14)21(26)30)27-12-15(24-25-27)9-13-5-7-22-8-6-13;3-2(4,5)1(6)7/h1-2,10,12-13,18,22H,3-9,11H2,(H,23,28,29);(H,6,7). The number of piperidine rings is 2. The smallest absolute Gasteiger partial charge is 0.475 e. The third-order valence-corrected chi connectivity index (χ3v) is 6.52. The molecule has 1 unspecified atom stereocenters. The Morgan fingerprint density at radius 1 is 1.14 bits per heavy atom. The van der Waals surface area contributed by atoms with E-state index in [9.17, 15) is 27.6 Å². The fraction of sp³-hybridized carbons (Fsp3) is 0.478. The number of carboxylic acid groups (broad SMARTS) is 1. The van der Waals surface area contributed by atoms with Gasteiger partial charge in [-0.25, -0.2) is 9.48 Å². The van der Waals surface area contributed by atoms with Gasteiger partial charge in [0.15, 0.2) is 0 Å². The van der Waals surface area contributed by atoms with Gasteiger partial charge in [-0.2, -0.15) is 13.2 Å². The lowest BCUT2D eigenvalue weighted by Crippen LogP contribution is -2.52. The van der Waals surface area contributed by atoms with Crippen LogP contribution in [0, 0.1) is 5.92 Å². The lowest BCUT2D eigenvalue weighted by Gasteiger charge is -2.29. The Kier molecular flexibility index (Phi) is 7.57. The highest BCUT2D eigenvalue weighted by molar-refractivity contribution is 6.05. The Bertz CT molecular complexity index is 1210. The van der Waals surface area contributed by atoms with Crippen molar-refractivity contribution in [1.82, 2.24) is 30.5 Å². The molecule has 2 fully saturated rings. The van der Waals surface area contributed by atoms with E-state index >= 15 is 0 Å². The molecule has 0 radical (unpaired) electrons. The van der Waals surface area contributed by atoms with Gasteiger partial charge in [0, 0.05) is 18.5 Å². The van der Waals surface area contributed by atoms with E-state index in [1.165, 1.54) is 0 Å². The summed E-state index contributed by atoms with van der Waals surface area (Å²) in [4.78, 5) is 47.0. The van der Waals surface area contributed by atoms with E-state index in [0.29, 0.717) is 24.4 Å². The van der Waals surface area contributed by atoms with Gasteiger partial charge in [0.2, 0.25) is 11.8 Å². The number of halogens is 3. The zero-order valence-corrected chi connectivity index (χ0v) is 19.6. The second-order valence-electron chi connectivity index (χ2n) is 9.10. The van der Waals surface area contributed by atoms with Gasteiger partial charge >= 0.3 is 12.1 Å². The number of aliphatic carboxylic acids is 1. The van der Waals surface area contributed by atoms with Crippen LogP contribution in [0.4, 0.5) is 13.2 Å². The molecule has 2 saturated heterocycles. The molecule has 198 valence electrons. The van der Waals surface area contributed by atoms with Gasteiger partial charge in [0.05, 0.1) is 17.6 Å². The van der Waals surface area contributed by atoms with Crippen molar-refractivity contribution in [1.29, 1.82) is 0 Å². The molecule has 2 aromatic rings. The average Bonchev–Trinajstić information content (AvgIpc) is 3.44. The molecule has 4 heterocycles. The maximum Gasteiger partial charge on any atom is 0.490 e. The van der Waals surface area contributed by atoms with Crippen LogP contribution in [0.5, 0.6) is 0 Å². The number of carbonyl (C=O) groups is 4. The quantitative estimate of drug-likeness (QED) is 0.508. The molecule has 1 aromatic carbocycles. The number of alkyl halides is 3. The molecule has 11 nitrogen and oxygen atoms in total. The average molecular weight is 522 g/mol. The van der Waals surface area contributed by atoms with Crippen molar-refractivity contribution in [2.75, 3.05) is 13.1 Å². The summed E-state index contributed by atoms with van der Waals surface area (Å²) in [6.45, 7) is 2.48. The van der Waals surface area contributed by atoms with Gasteiger partial charge in [-0.05, 0) is 62.4 Å². The molecule has 3 aliphatic heterocycles. The normalized spacial score (nSPS) is 20.2. The summed E-state index contributed by atoms with van der Waals surface area (Å²) in [5, 5.41) is 21.4. The van der Waals surface area contributed by atoms with E-state index in [2.05, 4.69) is 20.9 Å². The third kappa shape index (κ3) is 6.13. The summed E-state index contributed by atoms with van der Waals surface area (Å²) >= 11 is 0. The van der Waals surface area contributed by atoms with E-state index in [1.807, 2.05) is 24.4 Å². The zero-order valence-electron chi connectivity index (χ0n) is 19.6. The molecule has 14 heteroatoms. The van der Waals surface area contributed by atoms with E-state index < -0.39 is 24.1 Å². The largest absolute Gasteiger partial charge is 0.490 e. The minimum absolute atomic E-state index is 0.184. The Labute approximate surface area is 209 Å². The Balaban J connectivity index is 0.000000405. The highest BCUT2D eigenvalue weighted by atomic mass is 19.4. The molecular formula is C23H25F3N6O5. The molecule has 3 aliphatic rings. The van der Waals surface area contributed by atoms with Crippen molar-refractivity contribution in [3.63, 3.8) is 0 Å². The van der Waals surface area contributed by atoms with E-state index in [1.54, 1.807) is 9.58 Å². The number of hydrogen-bond acceptors (Lipinski definition) is 7. The van der Waals surface area contributed by atoms with Gasteiger partial charge in [0.1, 0.15) is 6.04 Å². The molecule has 1 aromatic heterocycles. The summed E-state index contributed by atoms with van der Waals surface area (Å²) in [6, 6.07) is 5.03. The van der Waals surface area contributed by atoms with E-state index in [4.69, 9.17) is 9.90 Å². The van der Waals surface area contributed by atoms with Crippen molar-refractivity contribution in [2.45, 2.75) is 50.9 Å². The van der Waals surface area contributed by atoms with Gasteiger partial charge in [-0.1, -0.05) is 11.3 Å². The first-order valence-electron chi connectivity index (χ1n) is 11.7. The number of fused-ring (bicyclic) bond motifs is 1. The molecule has 1 atom stereocenters. The number of nitrogens with one attached hydrogen (secondary N) is 2. The number of rotatable bonds is 4. The van der Waals surface area contributed by atoms with Crippen LogP contribution in [0.3, 0.4) is 0 Å². The number of hydrogen-bond donors (Lipinski definition) is 3. The first kappa shape index (κ1) is 26.3. The summed E-state index contributed by atoms with van der Waals surface area (Å²) in [5.74, 6) is -3.00. The molecular weight excluding hydrogens is 497 g/mol. The SMILES string of the molecule is O=C(O)C(F)(F)F.O=C1CCC(N2Cc3ccc(-n4cc(CC5CCNCC5)nn4)cc3C2=O)C(=O)N1. The van der Waals surface area contributed by atoms with Crippen molar-refractivity contribution >= 4 is 23.7 Å². The predicted molar refractivity (Wildman–Crippen MR) is 120 cm³/mol. The molecule has 3 amide bonds. The molecule has 0 spiro atoms. The fourth-order valence-corrected chi connectivity index (χ4v) is 4.58. The van der Waals surface area contributed by atoms with Gasteiger partial charge in [0.25, 0.3) is 5.91 Å². The molecule has 0 saturated carbocycles. The lowest BCUT2D eigenvalue weighted by atomic mass is 9.93. The minimum Gasteiger partial charge on any atom is -0.475 e. The molecule has 0 bridgehead atoms. The number of benzene rings is 1. The topological polar surface area (TPSA) is 147 Å². The van der Waals surface area contributed by atoms with Crippen LogP contribution in [0.25, 0.3) is 5.69 Å². The van der Waals surface area contributed by atoms with Crippen LogP contribution in [-0.4, -0.2) is 74.0 Å². The van der Waals surface area contributed by atoms with Crippen LogP contribution in [-0.2, 0) is 27.3 Å².